The van der Waals surface area contributed by atoms with Crippen molar-refractivity contribution in [2.75, 3.05) is 13.2 Å². The Bertz CT molecular complexity index is 976. The Morgan fingerprint density at radius 1 is 0.971 bits per heavy atom. The number of ether oxygens (including phenoxy) is 1. The van der Waals surface area contributed by atoms with E-state index in [4.69, 9.17) is 9.84 Å². The summed E-state index contributed by atoms with van der Waals surface area (Å²) in [6.07, 6.45) is -0.628. The van der Waals surface area contributed by atoms with Gasteiger partial charge in [-0.1, -0.05) is 62.4 Å². The van der Waals surface area contributed by atoms with Crippen molar-refractivity contribution >= 4 is 18.0 Å². The lowest BCUT2D eigenvalue weighted by Crippen LogP contribution is -2.51. The predicted molar refractivity (Wildman–Crippen MR) is 127 cm³/mol. The zero-order valence-electron chi connectivity index (χ0n) is 19.5. The summed E-state index contributed by atoms with van der Waals surface area (Å²) in [6, 6.07) is 14.3. The number of hydrogen-bond acceptors (Lipinski definition) is 5. The molecular formula is C26H32N2O6. The molecule has 0 fully saturated rings. The first-order chi connectivity index (χ1) is 16.3. The van der Waals surface area contributed by atoms with Crippen molar-refractivity contribution in [1.29, 1.82) is 0 Å². The van der Waals surface area contributed by atoms with E-state index in [1.807, 2.05) is 62.4 Å². The van der Waals surface area contributed by atoms with Gasteiger partial charge in [-0.3, -0.25) is 9.59 Å². The second-order valence-electron chi connectivity index (χ2n) is 8.97. The van der Waals surface area contributed by atoms with Crippen molar-refractivity contribution in [2.24, 2.45) is 5.92 Å². The number of nitrogens with one attached hydrogen (secondary N) is 2. The van der Waals surface area contributed by atoms with Gasteiger partial charge in [-0.05, 0) is 41.0 Å². The highest BCUT2D eigenvalue weighted by Gasteiger charge is 2.30. The largest absolute Gasteiger partial charge is 0.481 e. The fraction of sp³-hybridized carbons (Fsp3) is 0.423. The van der Waals surface area contributed by atoms with Crippen LogP contribution < -0.4 is 10.6 Å². The number of carboxylic acid groups (broad SMARTS) is 1. The van der Waals surface area contributed by atoms with Crippen LogP contribution in [0.4, 0.5) is 4.79 Å². The zero-order chi connectivity index (χ0) is 24.7. The molecule has 2 unspecified atom stereocenters. The lowest BCUT2D eigenvalue weighted by atomic mass is 9.98. The van der Waals surface area contributed by atoms with Crippen LogP contribution in [-0.2, 0) is 14.3 Å². The van der Waals surface area contributed by atoms with Crippen molar-refractivity contribution in [2.45, 2.75) is 51.1 Å². The molecule has 2 atom stereocenters. The number of fused-ring (bicyclic) bond motifs is 3. The second-order valence-corrected chi connectivity index (χ2v) is 8.97. The quantitative estimate of drug-likeness (QED) is 0.401. The monoisotopic (exact) mass is 468 g/mol. The van der Waals surface area contributed by atoms with Crippen LogP contribution in [0.1, 0.15) is 50.2 Å². The van der Waals surface area contributed by atoms with Crippen LogP contribution in [0.15, 0.2) is 48.5 Å². The van der Waals surface area contributed by atoms with E-state index >= 15 is 0 Å². The summed E-state index contributed by atoms with van der Waals surface area (Å²) in [5.41, 5.74) is 4.34. The van der Waals surface area contributed by atoms with E-state index in [9.17, 15) is 19.5 Å². The lowest BCUT2D eigenvalue weighted by Gasteiger charge is -2.23. The lowest BCUT2D eigenvalue weighted by molar-refractivity contribution is -0.137. The summed E-state index contributed by atoms with van der Waals surface area (Å²) in [5, 5.41) is 23.8. The molecule has 0 saturated carbocycles. The molecule has 1 aliphatic carbocycles. The third-order valence-corrected chi connectivity index (χ3v) is 5.92. The van der Waals surface area contributed by atoms with Crippen molar-refractivity contribution in [3.05, 3.63) is 59.7 Å². The molecule has 1 aliphatic rings. The maximum Gasteiger partial charge on any atom is 0.407 e. The normalized spacial score (nSPS) is 14.1. The Morgan fingerprint density at radius 2 is 1.56 bits per heavy atom. The highest BCUT2D eigenvalue weighted by molar-refractivity contribution is 5.86. The van der Waals surface area contributed by atoms with Crippen molar-refractivity contribution < 1.29 is 29.3 Å². The van der Waals surface area contributed by atoms with E-state index in [1.165, 1.54) is 0 Å². The average Bonchev–Trinajstić information content (AvgIpc) is 3.13. The number of hydrogen-bond donors (Lipinski definition) is 4. The molecule has 0 heterocycles. The minimum atomic E-state index is -1.09. The highest BCUT2D eigenvalue weighted by atomic mass is 16.5. The number of alkyl carbamates (subject to hydrolysis) is 1. The summed E-state index contributed by atoms with van der Waals surface area (Å²) in [7, 11) is 0. The van der Waals surface area contributed by atoms with Crippen LogP contribution >= 0.6 is 0 Å². The van der Waals surface area contributed by atoms with Crippen LogP contribution in [0.3, 0.4) is 0 Å². The molecule has 0 aliphatic heterocycles. The molecule has 4 N–H and O–H groups in total. The molecular weight excluding hydrogens is 436 g/mol. The van der Waals surface area contributed by atoms with Crippen LogP contribution in [-0.4, -0.2) is 53.5 Å². The van der Waals surface area contributed by atoms with Gasteiger partial charge in [-0.25, -0.2) is 4.79 Å². The van der Waals surface area contributed by atoms with Crippen LogP contribution in [0.5, 0.6) is 0 Å². The molecule has 2 aromatic rings. The van der Waals surface area contributed by atoms with Crippen LogP contribution in [0.25, 0.3) is 11.1 Å². The summed E-state index contributed by atoms with van der Waals surface area (Å²) in [4.78, 5) is 36.4. The number of rotatable bonds is 11. The zero-order valence-corrected chi connectivity index (χ0v) is 19.5. The Kier molecular flexibility index (Phi) is 8.65. The molecule has 0 aromatic heterocycles. The van der Waals surface area contributed by atoms with Crippen LogP contribution in [0, 0.1) is 5.92 Å². The number of aliphatic hydroxyl groups excluding tert-OH is 1. The number of amides is 2. The molecule has 0 spiro atoms. The Hall–Kier alpha value is -3.39. The van der Waals surface area contributed by atoms with Crippen molar-refractivity contribution in [3.8, 4) is 11.1 Å². The Balaban J connectivity index is 1.65. The number of carbonyl (C=O) groups excluding carboxylic acids is 2. The van der Waals surface area contributed by atoms with Crippen molar-refractivity contribution in [1.82, 2.24) is 10.6 Å². The smallest absolute Gasteiger partial charge is 0.407 e. The molecule has 0 bridgehead atoms. The maximum absolute atomic E-state index is 12.7. The molecule has 182 valence electrons. The Morgan fingerprint density at radius 3 is 2.09 bits per heavy atom. The minimum Gasteiger partial charge on any atom is -0.481 e. The van der Waals surface area contributed by atoms with Crippen molar-refractivity contribution in [3.63, 3.8) is 0 Å². The van der Waals surface area contributed by atoms with E-state index < -0.39 is 30.1 Å². The third-order valence-electron chi connectivity index (χ3n) is 5.92. The van der Waals surface area contributed by atoms with Gasteiger partial charge in [0.2, 0.25) is 5.91 Å². The van der Waals surface area contributed by atoms with Gasteiger partial charge in [-0.15, -0.1) is 0 Å². The Labute approximate surface area is 199 Å². The molecule has 8 nitrogen and oxygen atoms in total. The molecule has 2 amide bonds. The van der Waals surface area contributed by atoms with Gasteiger partial charge >= 0.3 is 12.1 Å². The number of aliphatic hydroxyl groups is 1. The van der Waals surface area contributed by atoms with E-state index in [2.05, 4.69) is 10.6 Å². The second kappa shape index (κ2) is 11.7. The summed E-state index contributed by atoms with van der Waals surface area (Å²) in [6.45, 7) is 3.76. The first-order valence-corrected chi connectivity index (χ1v) is 11.5. The van der Waals surface area contributed by atoms with Gasteiger partial charge in [0.1, 0.15) is 12.6 Å². The maximum atomic E-state index is 12.7. The topological polar surface area (TPSA) is 125 Å². The van der Waals surface area contributed by atoms with Gasteiger partial charge in [0.05, 0.1) is 12.6 Å². The first-order valence-electron chi connectivity index (χ1n) is 11.5. The molecule has 0 radical (unpaired) electrons. The average molecular weight is 469 g/mol. The third kappa shape index (κ3) is 6.35. The number of benzene rings is 2. The standard InChI is InChI=1S/C26H32N2O6/c1-16(2)13-17(14-29)27-25(32)23(11-12-24(30)31)28-26(33)34-15-22-20-9-5-3-7-18(20)19-8-4-6-10-21(19)22/h3-10,16-17,22-23,29H,11-15H2,1-2H3,(H,27,32)(H,28,33)(H,30,31). The van der Waals surface area contributed by atoms with E-state index in [0.717, 1.165) is 22.3 Å². The molecule has 2 aromatic carbocycles. The van der Waals surface area contributed by atoms with E-state index in [0.29, 0.717) is 6.42 Å². The van der Waals surface area contributed by atoms with Gasteiger partial charge in [0.25, 0.3) is 0 Å². The van der Waals surface area contributed by atoms with E-state index in [-0.39, 0.29) is 37.9 Å². The molecule has 8 heteroatoms. The number of carboxylic acids is 1. The number of carbonyl (C=O) groups is 3. The molecule has 0 saturated heterocycles. The van der Waals surface area contributed by atoms with Gasteiger partial charge in [0.15, 0.2) is 0 Å². The molecule has 34 heavy (non-hydrogen) atoms. The number of aliphatic carboxylic acids is 1. The molecule has 3 rings (SSSR count). The summed E-state index contributed by atoms with van der Waals surface area (Å²) >= 11 is 0. The fourth-order valence-corrected chi connectivity index (χ4v) is 4.37. The SMILES string of the molecule is CC(C)CC(CO)NC(=O)C(CCC(=O)O)NC(=O)OCC1c2ccccc2-c2ccccc21. The first kappa shape index (κ1) is 25.2. The summed E-state index contributed by atoms with van der Waals surface area (Å²) < 4.78 is 5.50. The van der Waals surface area contributed by atoms with Gasteiger partial charge in [-0.2, -0.15) is 0 Å². The predicted octanol–water partition coefficient (Wildman–Crippen LogP) is 3.28. The van der Waals surface area contributed by atoms with Gasteiger partial charge in [0, 0.05) is 12.3 Å². The van der Waals surface area contributed by atoms with Crippen LogP contribution in [0.2, 0.25) is 0 Å². The fourth-order valence-electron chi connectivity index (χ4n) is 4.37. The minimum absolute atomic E-state index is 0.0831. The van der Waals surface area contributed by atoms with E-state index in [1.54, 1.807) is 0 Å². The highest BCUT2D eigenvalue weighted by Crippen LogP contribution is 2.44. The van der Waals surface area contributed by atoms with Gasteiger partial charge < -0.3 is 25.6 Å². The summed E-state index contributed by atoms with van der Waals surface area (Å²) in [5.74, 6) is -1.51.